The zero-order valence-corrected chi connectivity index (χ0v) is 14.3. The van der Waals surface area contributed by atoms with Crippen LogP contribution in [0.5, 0.6) is 11.5 Å². The van der Waals surface area contributed by atoms with E-state index >= 15 is 0 Å². The fourth-order valence-corrected chi connectivity index (χ4v) is 3.52. The van der Waals surface area contributed by atoms with Gasteiger partial charge in [-0.25, -0.2) is 0 Å². The Morgan fingerprint density at radius 3 is 2.52 bits per heavy atom. The molecule has 1 aromatic rings. The molecular formula is C18H28N2O3. The average Bonchev–Trinajstić information content (AvgIpc) is 2.61. The third-order valence-corrected chi connectivity index (χ3v) is 4.85. The lowest BCUT2D eigenvalue weighted by atomic mass is 9.98. The lowest BCUT2D eigenvalue weighted by molar-refractivity contribution is 0.0359. The van der Waals surface area contributed by atoms with Crippen LogP contribution >= 0.6 is 0 Å². The molecular weight excluding hydrogens is 292 g/mol. The zero-order chi connectivity index (χ0) is 16.1. The Morgan fingerprint density at radius 1 is 1.00 bits per heavy atom. The lowest BCUT2D eigenvalue weighted by Crippen LogP contribution is -2.38. The topological polar surface area (TPSA) is 34.2 Å². The highest BCUT2D eigenvalue weighted by Gasteiger charge is 2.21. The van der Waals surface area contributed by atoms with Gasteiger partial charge in [0.25, 0.3) is 0 Å². The van der Waals surface area contributed by atoms with Gasteiger partial charge in [-0.05, 0) is 37.6 Å². The molecule has 0 aromatic heterocycles. The monoisotopic (exact) mass is 320 g/mol. The van der Waals surface area contributed by atoms with E-state index in [4.69, 9.17) is 14.2 Å². The molecule has 0 spiro atoms. The van der Waals surface area contributed by atoms with E-state index in [1.807, 2.05) is 6.07 Å². The van der Waals surface area contributed by atoms with Crippen molar-refractivity contribution < 1.29 is 14.2 Å². The highest BCUT2D eigenvalue weighted by Crippen LogP contribution is 2.32. The number of morpholine rings is 1. The summed E-state index contributed by atoms with van der Waals surface area (Å²) in [7, 11) is 3.45. The molecule has 3 rings (SSSR count). The lowest BCUT2D eigenvalue weighted by Gasteiger charge is -2.31. The Kier molecular flexibility index (Phi) is 5.75. The number of methoxy groups -OCH3 is 2. The van der Waals surface area contributed by atoms with Crippen molar-refractivity contribution in [2.45, 2.75) is 19.4 Å². The fourth-order valence-electron chi connectivity index (χ4n) is 3.52. The Balaban J connectivity index is 1.54. The minimum Gasteiger partial charge on any atom is -0.497 e. The van der Waals surface area contributed by atoms with Crippen molar-refractivity contribution in [1.82, 2.24) is 9.80 Å². The van der Waals surface area contributed by atoms with E-state index in [9.17, 15) is 0 Å². The molecule has 2 aliphatic heterocycles. The molecule has 0 amide bonds. The van der Waals surface area contributed by atoms with Gasteiger partial charge < -0.3 is 14.2 Å². The van der Waals surface area contributed by atoms with E-state index in [0.717, 1.165) is 63.9 Å². The van der Waals surface area contributed by atoms with Crippen molar-refractivity contribution in [1.29, 1.82) is 0 Å². The minimum absolute atomic E-state index is 0.885. The van der Waals surface area contributed by atoms with Gasteiger partial charge in [0.05, 0.1) is 27.4 Å². The first-order chi connectivity index (χ1) is 11.3. The van der Waals surface area contributed by atoms with Crippen LogP contribution in [0.2, 0.25) is 0 Å². The second-order valence-electron chi connectivity index (χ2n) is 6.30. The Morgan fingerprint density at radius 2 is 1.78 bits per heavy atom. The molecule has 0 N–H and O–H groups in total. The predicted octanol–water partition coefficient (Wildman–Crippen LogP) is 1.78. The Bertz CT molecular complexity index is 515. The van der Waals surface area contributed by atoms with Crippen LogP contribution in [-0.4, -0.2) is 70.0 Å². The predicted molar refractivity (Wildman–Crippen MR) is 90.4 cm³/mol. The number of hydrogen-bond donors (Lipinski definition) is 0. The largest absolute Gasteiger partial charge is 0.497 e. The summed E-state index contributed by atoms with van der Waals surface area (Å²) < 4.78 is 16.3. The number of nitrogens with zero attached hydrogens (tertiary/aromatic N) is 2. The van der Waals surface area contributed by atoms with Crippen LogP contribution in [0.25, 0.3) is 0 Å². The van der Waals surface area contributed by atoms with E-state index in [0.29, 0.717) is 0 Å². The van der Waals surface area contributed by atoms with Crippen LogP contribution < -0.4 is 9.47 Å². The minimum atomic E-state index is 0.885. The van der Waals surface area contributed by atoms with Crippen LogP contribution in [0, 0.1) is 0 Å². The van der Waals surface area contributed by atoms with Crippen molar-refractivity contribution in [3.05, 3.63) is 23.3 Å². The van der Waals surface area contributed by atoms with Gasteiger partial charge in [0.2, 0.25) is 0 Å². The zero-order valence-electron chi connectivity index (χ0n) is 14.3. The first-order valence-electron chi connectivity index (χ1n) is 8.56. The molecule has 128 valence electrons. The summed E-state index contributed by atoms with van der Waals surface area (Å²) in [5, 5.41) is 0. The summed E-state index contributed by atoms with van der Waals surface area (Å²) in [6, 6.07) is 4.15. The van der Waals surface area contributed by atoms with Crippen LogP contribution in [0.15, 0.2) is 12.1 Å². The Hall–Kier alpha value is -1.30. The van der Waals surface area contributed by atoms with Gasteiger partial charge in [-0.15, -0.1) is 0 Å². The van der Waals surface area contributed by atoms with Crippen LogP contribution in [0.3, 0.4) is 0 Å². The van der Waals surface area contributed by atoms with Crippen LogP contribution in [-0.2, 0) is 17.7 Å². The standard InChI is InChI=1S/C18H28N2O3/c1-21-16-12-15-14-20(7-4-17(15)18(13-16)22-2)6-3-5-19-8-10-23-11-9-19/h12-13H,3-11,14H2,1-2H3. The molecule has 0 atom stereocenters. The summed E-state index contributed by atoms with van der Waals surface area (Å²) in [5.41, 5.74) is 2.69. The van der Waals surface area contributed by atoms with Crippen molar-refractivity contribution in [2.75, 3.05) is 60.2 Å². The van der Waals surface area contributed by atoms with Gasteiger partial charge in [0, 0.05) is 37.8 Å². The summed E-state index contributed by atoms with van der Waals surface area (Å²) >= 11 is 0. The molecule has 0 saturated carbocycles. The van der Waals surface area contributed by atoms with Crippen molar-refractivity contribution in [2.24, 2.45) is 0 Å². The van der Waals surface area contributed by atoms with Gasteiger partial charge in [-0.3, -0.25) is 9.80 Å². The first-order valence-corrected chi connectivity index (χ1v) is 8.56. The van der Waals surface area contributed by atoms with E-state index < -0.39 is 0 Å². The van der Waals surface area contributed by atoms with Gasteiger partial charge in [0.1, 0.15) is 11.5 Å². The second kappa shape index (κ2) is 7.99. The number of fused-ring (bicyclic) bond motifs is 1. The maximum absolute atomic E-state index is 5.53. The maximum Gasteiger partial charge on any atom is 0.126 e. The molecule has 0 unspecified atom stereocenters. The van der Waals surface area contributed by atoms with Crippen molar-refractivity contribution in [3.8, 4) is 11.5 Å². The molecule has 2 heterocycles. The smallest absolute Gasteiger partial charge is 0.126 e. The van der Waals surface area contributed by atoms with Crippen LogP contribution in [0.1, 0.15) is 17.5 Å². The van der Waals surface area contributed by atoms with Gasteiger partial charge in [-0.1, -0.05) is 0 Å². The fraction of sp³-hybridized carbons (Fsp3) is 0.667. The van der Waals surface area contributed by atoms with E-state index in [1.54, 1.807) is 14.2 Å². The number of rotatable bonds is 6. The molecule has 23 heavy (non-hydrogen) atoms. The highest BCUT2D eigenvalue weighted by atomic mass is 16.5. The molecule has 1 saturated heterocycles. The molecule has 0 aliphatic carbocycles. The molecule has 1 aromatic carbocycles. The van der Waals surface area contributed by atoms with Gasteiger partial charge >= 0.3 is 0 Å². The molecule has 5 nitrogen and oxygen atoms in total. The first kappa shape index (κ1) is 16.6. The maximum atomic E-state index is 5.53. The normalized spacial score (nSPS) is 19.4. The number of ether oxygens (including phenoxy) is 3. The summed E-state index contributed by atoms with van der Waals surface area (Å²) in [6.07, 6.45) is 2.27. The van der Waals surface area contributed by atoms with Crippen molar-refractivity contribution >= 4 is 0 Å². The van der Waals surface area contributed by atoms with Crippen molar-refractivity contribution in [3.63, 3.8) is 0 Å². The van der Waals surface area contributed by atoms with Crippen LogP contribution in [0.4, 0.5) is 0 Å². The summed E-state index contributed by atoms with van der Waals surface area (Å²) in [5.74, 6) is 1.85. The molecule has 0 bridgehead atoms. The highest BCUT2D eigenvalue weighted by molar-refractivity contribution is 5.47. The van der Waals surface area contributed by atoms with Gasteiger partial charge in [0.15, 0.2) is 0 Å². The molecule has 5 heteroatoms. The SMILES string of the molecule is COc1cc2c(c(OC)c1)CCN(CCCN1CCOCC1)C2. The third-order valence-electron chi connectivity index (χ3n) is 4.85. The Labute approximate surface area is 139 Å². The molecule has 2 aliphatic rings. The quantitative estimate of drug-likeness (QED) is 0.798. The van der Waals surface area contributed by atoms with E-state index in [1.165, 1.54) is 24.1 Å². The summed E-state index contributed by atoms with van der Waals surface area (Å²) in [4.78, 5) is 5.05. The average molecular weight is 320 g/mol. The molecule has 1 fully saturated rings. The van der Waals surface area contributed by atoms with E-state index in [2.05, 4.69) is 15.9 Å². The van der Waals surface area contributed by atoms with E-state index in [-0.39, 0.29) is 0 Å². The third kappa shape index (κ3) is 4.16. The van der Waals surface area contributed by atoms with Gasteiger partial charge in [-0.2, -0.15) is 0 Å². The summed E-state index contributed by atoms with van der Waals surface area (Å²) in [6.45, 7) is 8.36. The molecule has 0 radical (unpaired) electrons. The number of benzene rings is 1. The number of hydrogen-bond acceptors (Lipinski definition) is 5. The second-order valence-corrected chi connectivity index (χ2v) is 6.30.